The standard InChI is InChI=1S/C12H12N2O3S2/c1-8-3-4-9(19(2,16)17)7-10(8)11(15)14-12-13-5-6-18-12/h3-7H,1-2H3,(H,13,14,15). The summed E-state index contributed by atoms with van der Waals surface area (Å²) in [4.78, 5) is 16.2. The van der Waals surface area contributed by atoms with Crippen molar-refractivity contribution >= 4 is 32.2 Å². The molecule has 0 unspecified atom stereocenters. The minimum Gasteiger partial charge on any atom is -0.298 e. The number of nitrogens with zero attached hydrogens (tertiary/aromatic N) is 1. The molecule has 0 saturated carbocycles. The van der Waals surface area contributed by atoms with E-state index >= 15 is 0 Å². The van der Waals surface area contributed by atoms with E-state index in [0.29, 0.717) is 16.3 Å². The van der Waals surface area contributed by atoms with E-state index in [1.807, 2.05) is 0 Å². The van der Waals surface area contributed by atoms with E-state index in [-0.39, 0.29) is 10.8 Å². The number of amides is 1. The highest BCUT2D eigenvalue weighted by molar-refractivity contribution is 7.90. The number of sulfone groups is 1. The molecule has 7 heteroatoms. The second kappa shape index (κ2) is 5.10. The van der Waals surface area contributed by atoms with Crippen molar-refractivity contribution in [2.75, 3.05) is 11.6 Å². The molecule has 0 atom stereocenters. The van der Waals surface area contributed by atoms with Gasteiger partial charge in [-0.1, -0.05) is 6.07 Å². The van der Waals surface area contributed by atoms with Crippen molar-refractivity contribution in [1.82, 2.24) is 4.98 Å². The molecule has 0 aliphatic rings. The molecule has 1 amide bonds. The second-order valence-corrected chi connectivity index (χ2v) is 6.95. The van der Waals surface area contributed by atoms with E-state index in [2.05, 4.69) is 10.3 Å². The van der Waals surface area contributed by atoms with E-state index in [9.17, 15) is 13.2 Å². The first-order chi connectivity index (χ1) is 8.88. The molecule has 0 saturated heterocycles. The van der Waals surface area contributed by atoms with Gasteiger partial charge in [-0.15, -0.1) is 11.3 Å². The predicted molar refractivity (Wildman–Crippen MR) is 74.4 cm³/mol. The van der Waals surface area contributed by atoms with Gasteiger partial charge < -0.3 is 0 Å². The largest absolute Gasteiger partial charge is 0.298 e. The van der Waals surface area contributed by atoms with Gasteiger partial charge in [0, 0.05) is 23.4 Å². The molecule has 19 heavy (non-hydrogen) atoms. The first-order valence-electron chi connectivity index (χ1n) is 5.39. The first-order valence-corrected chi connectivity index (χ1v) is 8.16. The molecule has 1 N–H and O–H groups in total. The summed E-state index contributed by atoms with van der Waals surface area (Å²) in [6, 6.07) is 4.49. The van der Waals surface area contributed by atoms with Crippen molar-refractivity contribution in [2.45, 2.75) is 11.8 Å². The Kier molecular flexibility index (Phi) is 3.68. The monoisotopic (exact) mass is 296 g/mol. The van der Waals surface area contributed by atoms with Crippen LogP contribution in [0, 0.1) is 6.92 Å². The number of hydrogen-bond donors (Lipinski definition) is 1. The number of aromatic nitrogens is 1. The maximum Gasteiger partial charge on any atom is 0.257 e. The molecular formula is C12H12N2O3S2. The Morgan fingerprint density at radius 2 is 2.11 bits per heavy atom. The molecule has 0 fully saturated rings. The lowest BCUT2D eigenvalue weighted by atomic mass is 10.1. The molecule has 1 aromatic heterocycles. The molecule has 2 aromatic rings. The predicted octanol–water partition coefficient (Wildman–Crippen LogP) is 2.11. The lowest BCUT2D eigenvalue weighted by Crippen LogP contribution is -2.14. The number of nitrogens with one attached hydrogen (secondary N) is 1. The summed E-state index contributed by atoms with van der Waals surface area (Å²) in [5.41, 5.74) is 1.04. The maximum atomic E-state index is 12.1. The number of benzene rings is 1. The topological polar surface area (TPSA) is 76.1 Å². The number of thiazole rings is 1. The van der Waals surface area contributed by atoms with Crippen LogP contribution in [0.3, 0.4) is 0 Å². The van der Waals surface area contributed by atoms with Crippen molar-refractivity contribution in [3.63, 3.8) is 0 Å². The Hall–Kier alpha value is -1.73. The molecular weight excluding hydrogens is 284 g/mol. The van der Waals surface area contributed by atoms with Crippen LogP contribution in [0.2, 0.25) is 0 Å². The molecule has 5 nitrogen and oxygen atoms in total. The highest BCUT2D eigenvalue weighted by Gasteiger charge is 2.15. The van der Waals surface area contributed by atoms with Gasteiger partial charge in [0.1, 0.15) is 0 Å². The van der Waals surface area contributed by atoms with Gasteiger partial charge in [0.05, 0.1) is 4.90 Å². The molecule has 1 aromatic carbocycles. The molecule has 0 aliphatic heterocycles. The Morgan fingerprint density at radius 1 is 1.37 bits per heavy atom. The van der Waals surface area contributed by atoms with Crippen LogP contribution in [0.1, 0.15) is 15.9 Å². The number of rotatable bonds is 3. The zero-order valence-electron chi connectivity index (χ0n) is 10.4. The summed E-state index contributed by atoms with van der Waals surface area (Å²) < 4.78 is 23.0. The summed E-state index contributed by atoms with van der Waals surface area (Å²) in [5, 5.41) is 4.86. The Labute approximate surface area is 115 Å². The van der Waals surface area contributed by atoms with Crippen LogP contribution in [0.15, 0.2) is 34.7 Å². The summed E-state index contributed by atoms with van der Waals surface area (Å²) >= 11 is 1.30. The van der Waals surface area contributed by atoms with Gasteiger partial charge in [0.25, 0.3) is 5.91 Å². The van der Waals surface area contributed by atoms with Gasteiger partial charge in [-0.3, -0.25) is 10.1 Å². The quantitative estimate of drug-likeness (QED) is 0.941. The lowest BCUT2D eigenvalue weighted by Gasteiger charge is -2.07. The molecule has 0 bridgehead atoms. The van der Waals surface area contributed by atoms with E-state index in [4.69, 9.17) is 0 Å². The van der Waals surface area contributed by atoms with Crippen molar-refractivity contribution in [2.24, 2.45) is 0 Å². The SMILES string of the molecule is Cc1ccc(S(C)(=O)=O)cc1C(=O)Nc1nccs1. The van der Waals surface area contributed by atoms with Crippen LogP contribution < -0.4 is 5.32 Å². The normalized spacial score (nSPS) is 11.3. The Bertz CT molecular complexity index is 707. The molecule has 2 rings (SSSR count). The zero-order valence-corrected chi connectivity index (χ0v) is 12.0. The van der Waals surface area contributed by atoms with Crippen molar-refractivity contribution in [3.05, 3.63) is 40.9 Å². The van der Waals surface area contributed by atoms with Crippen LogP contribution in [-0.2, 0) is 9.84 Å². The van der Waals surface area contributed by atoms with Crippen molar-refractivity contribution < 1.29 is 13.2 Å². The summed E-state index contributed by atoms with van der Waals surface area (Å²) in [6.07, 6.45) is 2.69. The van der Waals surface area contributed by atoms with Crippen LogP contribution in [0.5, 0.6) is 0 Å². The van der Waals surface area contributed by atoms with Crippen LogP contribution in [0.4, 0.5) is 5.13 Å². The van der Waals surface area contributed by atoms with Gasteiger partial charge in [0.2, 0.25) is 0 Å². The average molecular weight is 296 g/mol. The minimum absolute atomic E-state index is 0.127. The number of carbonyl (C=O) groups excluding carboxylic acids is 1. The third kappa shape index (κ3) is 3.18. The fourth-order valence-electron chi connectivity index (χ4n) is 1.53. The van der Waals surface area contributed by atoms with E-state index in [1.54, 1.807) is 24.6 Å². The zero-order chi connectivity index (χ0) is 14.0. The van der Waals surface area contributed by atoms with Gasteiger partial charge in [-0.2, -0.15) is 0 Å². The fraction of sp³-hybridized carbons (Fsp3) is 0.167. The number of carbonyl (C=O) groups is 1. The molecule has 100 valence electrons. The van der Waals surface area contributed by atoms with Crippen LogP contribution >= 0.6 is 11.3 Å². The molecule has 0 spiro atoms. The Balaban J connectivity index is 2.36. The fourth-order valence-corrected chi connectivity index (χ4v) is 2.70. The highest BCUT2D eigenvalue weighted by Crippen LogP contribution is 2.18. The van der Waals surface area contributed by atoms with E-state index in [0.717, 1.165) is 6.26 Å². The summed E-state index contributed by atoms with van der Waals surface area (Å²) in [7, 11) is -3.33. The second-order valence-electron chi connectivity index (χ2n) is 4.04. The van der Waals surface area contributed by atoms with Crippen molar-refractivity contribution in [1.29, 1.82) is 0 Å². The van der Waals surface area contributed by atoms with E-state index < -0.39 is 9.84 Å². The highest BCUT2D eigenvalue weighted by atomic mass is 32.2. The maximum absolute atomic E-state index is 12.1. The molecule has 0 radical (unpaired) electrons. The van der Waals surface area contributed by atoms with Gasteiger partial charge >= 0.3 is 0 Å². The van der Waals surface area contributed by atoms with Gasteiger partial charge in [-0.25, -0.2) is 13.4 Å². The number of hydrogen-bond acceptors (Lipinski definition) is 5. The Morgan fingerprint density at radius 3 is 2.68 bits per heavy atom. The third-order valence-electron chi connectivity index (χ3n) is 2.53. The molecule has 1 heterocycles. The minimum atomic E-state index is -3.33. The average Bonchev–Trinajstić information content (AvgIpc) is 2.80. The number of anilines is 1. The summed E-state index contributed by atoms with van der Waals surface area (Å²) in [5.74, 6) is -0.363. The smallest absolute Gasteiger partial charge is 0.257 e. The summed E-state index contributed by atoms with van der Waals surface area (Å²) in [6.45, 7) is 1.75. The van der Waals surface area contributed by atoms with E-state index in [1.165, 1.54) is 23.5 Å². The number of aryl methyl sites for hydroxylation is 1. The van der Waals surface area contributed by atoms with Crippen LogP contribution in [0.25, 0.3) is 0 Å². The van der Waals surface area contributed by atoms with Gasteiger partial charge in [0.15, 0.2) is 15.0 Å². The van der Waals surface area contributed by atoms with Crippen LogP contribution in [-0.4, -0.2) is 25.6 Å². The van der Waals surface area contributed by atoms with Crippen molar-refractivity contribution in [3.8, 4) is 0 Å². The third-order valence-corrected chi connectivity index (χ3v) is 4.33. The van der Waals surface area contributed by atoms with Gasteiger partial charge in [-0.05, 0) is 24.6 Å². The lowest BCUT2D eigenvalue weighted by molar-refractivity contribution is 0.102. The molecule has 0 aliphatic carbocycles. The first kappa shape index (κ1) is 13.7.